The predicted molar refractivity (Wildman–Crippen MR) is 69.8 cm³/mol. The third kappa shape index (κ3) is 5.42. The molecule has 1 unspecified atom stereocenters. The first-order valence-corrected chi connectivity index (χ1v) is 5.89. The van der Waals surface area contributed by atoms with Gasteiger partial charge >= 0.3 is 6.18 Å². The lowest BCUT2D eigenvalue weighted by Crippen LogP contribution is -2.19. The van der Waals surface area contributed by atoms with Crippen molar-refractivity contribution in [3.63, 3.8) is 0 Å². The number of hydrogen-bond donors (Lipinski definition) is 2. The van der Waals surface area contributed by atoms with Crippen LogP contribution in [0.1, 0.15) is 17.2 Å². The van der Waals surface area contributed by atoms with Crippen molar-refractivity contribution in [2.45, 2.75) is 18.9 Å². The van der Waals surface area contributed by atoms with Gasteiger partial charge in [0.15, 0.2) is 6.10 Å². The first-order valence-electron chi connectivity index (χ1n) is 5.89. The van der Waals surface area contributed by atoms with Gasteiger partial charge in [0.25, 0.3) is 0 Å². The standard InChI is InChI=1S/C8H7F3O.C7H8O/c9-8(10,11)7(12)6-4-2-1-3-5-6;8-6-7-4-2-1-3-5-7/h1-5,7,12H;1-5,8H,6H2. The first kappa shape index (κ1) is 16.2. The monoisotopic (exact) mass is 284 g/mol. The van der Waals surface area contributed by atoms with E-state index in [1.807, 2.05) is 30.3 Å². The number of halogens is 3. The van der Waals surface area contributed by atoms with Gasteiger partial charge in [0.2, 0.25) is 0 Å². The van der Waals surface area contributed by atoms with Gasteiger partial charge in [-0.05, 0) is 11.1 Å². The molecule has 0 amide bonds. The smallest absolute Gasteiger partial charge is 0.392 e. The average molecular weight is 284 g/mol. The summed E-state index contributed by atoms with van der Waals surface area (Å²) in [5.74, 6) is 0. The van der Waals surface area contributed by atoms with Crippen LogP contribution in [0, 0.1) is 0 Å². The van der Waals surface area contributed by atoms with Crippen LogP contribution in [-0.2, 0) is 6.61 Å². The summed E-state index contributed by atoms with van der Waals surface area (Å²) < 4.78 is 35.7. The normalized spacial score (nSPS) is 12.2. The Hall–Kier alpha value is -1.85. The molecule has 20 heavy (non-hydrogen) atoms. The molecule has 108 valence electrons. The molecule has 0 aromatic heterocycles. The number of rotatable bonds is 2. The summed E-state index contributed by atoms with van der Waals surface area (Å²) >= 11 is 0. The molecule has 0 bridgehead atoms. The molecule has 0 aliphatic carbocycles. The summed E-state index contributed by atoms with van der Waals surface area (Å²) in [4.78, 5) is 0. The van der Waals surface area contributed by atoms with Crippen molar-refractivity contribution in [1.29, 1.82) is 0 Å². The molecule has 2 N–H and O–H groups in total. The topological polar surface area (TPSA) is 40.5 Å². The summed E-state index contributed by atoms with van der Waals surface area (Å²) in [6.45, 7) is 0.140. The zero-order valence-electron chi connectivity index (χ0n) is 10.6. The third-order valence-corrected chi connectivity index (χ3v) is 2.45. The maximum Gasteiger partial charge on any atom is 0.418 e. The minimum atomic E-state index is -4.58. The lowest BCUT2D eigenvalue weighted by Gasteiger charge is -2.13. The van der Waals surface area contributed by atoms with E-state index in [1.165, 1.54) is 24.3 Å². The van der Waals surface area contributed by atoms with Crippen LogP contribution in [0.2, 0.25) is 0 Å². The second-order valence-electron chi connectivity index (χ2n) is 4.00. The van der Waals surface area contributed by atoms with Gasteiger partial charge in [-0.3, -0.25) is 0 Å². The Morgan fingerprint density at radius 1 is 0.850 bits per heavy atom. The second-order valence-corrected chi connectivity index (χ2v) is 4.00. The van der Waals surface area contributed by atoms with Gasteiger partial charge in [0, 0.05) is 0 Å². The number of benzene rings is 2. The summed E-state index contributed by atoms with van der Waals surface area (Å²) in [5, 5.41) is 17.3. The molecular formula is C15H15F3O2. The van der Waals surface area contributed by atoms with E-state index in [1.54, 1.807) is 6.07 Å². The van der Waals surface area contributed by atoms with E-state index in [4.69, 9.17) is 10.2 Å². The van der Waals surface area contributed by atoms with Crippen molar-refractivity contribution in [3.8, 4) is 0 Å². The lowest BCUT2D eigenvalue weighted by molar-refractivity contribution is -0.206. The van der Waals surface area contributed by atoms with E-state index in [2.05, 4.69) is 0 Å². The molecule has 0 saturated carbocycles. The number of aliphatic hydroxyl groups is 2. The minimum absolute atomic E-state index is 0.134. The van der Waals surface area contributed by atoms with Crippen molar-refractivity contribution >= 4 is 0 Å². The molecular weight excluding hydrogens is 269 g/mol. The Balaban J connectivity index is 0.000000217. The Morgan fingerprint density at radius 3 is 1.65 bits per heavy atom. The van der Waals surface area contributed by atoms with Crippen LogP contribution < -0.4 is 0 Å². The third-order valence-electron chi connectivity index (χ3n) is 2.45. The Labute approximate surface area is 115 Å². The van der Waals surface area contributed by atoms with Crippen molar-refractivity contribution in [1.82, 2.24) is 0 Å². The molecule has 0 radical (unpaired) electrons. The molecule has 1 atom stereocenters. The van der Waals surface area contributed by atoms with Crippen LogP contribution in [0.5, 0.6) is 0 Å². The van der Waals surface area contributed by atoms with Crippen LogP contribution >= 0.6 is 0 Å². The largest absolute Gasteiger partial charge is 0.418 e. The van der Waals surface area contributed by atoms with E-state index >= 15 is 0 Å². The van der Waals surface area contributed by atoms with Gasteiger partial charge < -0.3 is 10.2 Å². The van der Waals surface area contributed by atoms with Gasteiger partial charge in [-0.2, -0.15) is 13.2 Å². The summed E-state index contributed by atoms with van der Waals surface area (Å²) in [6, 6.07) is 16.5. The fourth-order valence-electron chi connectivity index (χ4n) is 1.41. The van der Waals surface area contributed by atoms with Crippen LogP contribution in [0.4, 0.5) is 13.2 Å². The maximum absolute atomic E-state index is 11.9. The Bertz CT molecular complexity index is 483. The SMILES string of the molecule is OC(c1ccccc1)C(F)(F)F.OCc1ccccc1. The molecule has 2 aromatic rings. The molecule has 2 rings (SSSR count). The molecule has 0 saturated heterocycles. The molecule has 0 fully saturated rings. The van der Waals surface area contributed by atoms with Gasteiger partial charge in [0.05, 0.1) is 6.61 Å². The zero-order valence-corrected chi connectivity index (χ0v) is 10.6. The zero-order chi connectivity index (χ0) is 15.0. The number of alkyl halides is 3. The second kappa shape index (κ2) is 7.67. The van der Waals surface area contributed by atoms with E-state index in [-0.39, 0.29) is 12.2 Å². The van der Waals surface area contributed by atoms with E-state index in [0.717, 1.165) is 5.56 Å². The molecule has 2 nitrogen and oxygen atoms in total. The van der Waals surface area contributed by atoms with Crippen molar-refractivity contribution in [3.05, 3.63) is 71.8 Å². The number of aliphatic hydroxyl groups excluding tert-OH is 2. The summed E-state index contributed by atoms with van der Waals surface area (Å²) in [6.07, 6.45) is -6.96. The van der Waals surface area contributed by atoms with Crippen LogP contribution in [0.15, 0.2) is 60.7 Å². The fraction of sp³-hybridized carbons (Fsp3) is 0.200. The predicted octanol–water partition coefficient (Wildman–Crippen LogP) is 3.46. The van der Waals surface area contributed by atoms with E-state index < -0.39 is 12.3 Å². The van der Waals surface area contributed by atoms with Crippen LogP contribution in [-0.4, -0.2) is 16.4 Å². The van der Waals surface area contributed by atoms with Crippen molar-refractivity contribution in [2.24, 2.45) is 0 Å². The Kier molecular flexibility index (Phi) is 6.21. The summed E-state index contributed by atoms with van der Waals surface area (Å²) in [7, 11) is 0. The molecule has 0 aliphatic rings. The van der Waals surface area contributed by atoms with Gasteiger partial charge in [0.1, 0.15) is 0 Å². The Morgan fingerprint density at radius 2 is 1.30 bits per heavy atom. The van der Waals surface area contributed by atoms with Crippen LogP contribution in [0.3, 0.4) is 0 Å². The highest BCUT2D eigenvalue weighted by Gasteiger charge is 2.39. The van der Waals surface area contributed by atoms with Gasteiger partial charge in [-0.1, -0.05) is 60.7 Å². The highest BCUT2D eigenvalue weighted by molar-refractivity contribution is 5.18. The fourth-order valence-corrected chi connectivity index (χ4v) is 1.41. The average Bonchev–Trinajstić information content (AvgIpc) is 2.48. The van der Waals surface area contributed by atoms with Gasteiger partial charge in [-0.25, -0.2) is 0 Å². The molecule has 0 aliphatic heterocycles. The maximum atomic E-state index is 11.9. The van der Waals surface area contributed by atoms with Crippen molar-refractivity contribution < 1.29 is 23.4 Å². The molecule has 2 aromatic carbocycles. The van der Waals surface area contributed by atoms with Gasteiger partial charge in [-0.15, -0.1) is 0 Å². The van der Waals surface area contributed by atoms with Crippen LogP contribution in [0.25, 0.3) is 0 Å². The lowest BCUT2D eigenvalue weighted by atomic mass is 10.1. The highest BCUT2D eigenvalue weighted by atomic mass is 19.4. The van der Waals surface area contributed by atoms with E-state index in [9.17, 15) is 13.2 Å². The first-order chi connectivity index (χ1) is 9.45. The molecule has 5 heteroatoms. The molecule has 0 spiro atoms. The summed E-state index contributed by atoms with van der Waals surface area (Å²) in [5.41, 5.74) is 0.831. The minimum Gasteiger partial charge on any atom is -0.392 e. The van der Waals surface area contributed by atoms with Crippen molar-refractivity contribution in [2.75, 3.05) is 0 Å². The molecule has 0 heterocycles. The highest BCUT2D eigenvalue weighted by Crippen LogP contribution is 2.31. The quantitative estimate of drug-likeness (QED) is 0.886. The number of hydrogen-bond acceptors (Lipinski definition) is 2. The van der Waals surface area contributed by atoms with E-state index in [0.29, 0.717) is 0 Å².